The molecule has 3 N–H and O–H groups in total. The Morgan fingerprint density at radius 2 is 1.07 bits per heavy atom. The van der Waals surface area contributed by atoms with Crippen molar-refractivity contribution in [2.24, 2.45) is 0 Å². The summed E-state index contributed by atoms with van der Waals surface area (Å²) in [6.07, 6.45) is 0. The molecule has 0 unspecified atom stereocenters. The Hall–Kier alpha value is -3.46. The van der Waals surface area contributed by atoms with Crippen molar-refractivity contribution in [1.82, 2.24) is 5.43 Å². The fourth-order valence-corrected chi connectivity index (χ4v) is 2.71. The molecule has 0 bridgehead atoms. The Balaban J connectivity index is 1.98. The van der Waals surface area contributed by atoms with Gasteiger partial charge in [0.2, 0.25) is 5.82 Å². The topological polar surface area (TPSA) is 61.4 Å². The Kier molecular flexibility index (Phi) is 5.51. The fraction of sp³-hybridized carbons (Fsp3) is 0.0500. The van der Waals surface area contributed by atoms with E-state index in [1.165, 1.54) is 24.3 Å². The molecule has 29 heavy (non-hydrogen) atoms. The lowest BCUT2D eigenvalue weighted by atomic mass is 9.85. The molecular weight excluding hydrogens is 395 g/mol. The van der Waals surface area contributed by atoms with E-state index in [-0.39, 0.29) is 11.1 Å². The number of amides is 1. The molecule has 150 valence electrons. The van der Waals surface area contributed by atoms with Crippen molar-refractivity contribution in [2.75, 3.05) is 5.43 Å². The van der Waals surface area contributed by atoms with Crippen LogP contribution in [-0.2, 0) is 10.4 Å². The molecule has 0 spiro atoms. The van der Waals surface area contributed by atoms with Gasteiger partial charge < -0.3 is 5.11 Å². The van der Waals surface area contributed by atoms with Crippen LogP contribution in [0.3, 0.4) is 0 Å². The Morgan fingerprint density at radius 3 is 1.48 bits per heavy atom. The lowest BCUT2D eigenvalue weighted by Crippen LogP contribution is -2.47. The number of halogens is 5. The van der Waals surface area contributed by atoms with Crippen molar-refractivity contribution in [3.63, 3.8) is 0 Å². The highest BCUT2D eigenvalue weighted by molar-refractivity contribution is 5.90. The zero-order chi connectivity index (χ0) is 21.2. The largest absolute Gasteiger partial charge is 0.372 e. The minimum atomic E-state index is -2.33. The van der Waals surface area contributed by atoms with Crippen molar-refractivity contribution in [3.05, 3.63) is 101 Å². The second-order valence-electron chi connectivity index (χ2n) is 5.97. The Bertz CT molecular complexity index is 977. The highest BCUT2D eigenvalue weighted by Crippen LogP contribution is 2.31. The fourth-order valence-electron chi connectivity index (χ4n) is 2.71. The number of nitrogens with one attached hydrogen (secondary N) is 2. The minimum Gasteiger partial charge on any atom is -0.372 e. The van der Waals surface area contributed by atoms with E-state index in [1.54, 1.807) is 41.8 Å². The monoisotopic (exact) mass is 408 g/mol. The zero-order valence-electron chi connectivity index (χ0n) is 14.5. The van der Waals surface area contributed by atoms with Crippen LogP contribution in [0.4, 0.5) is 27.6 Å². The summed E-state index contributed by atoms with van der Waals surface area (Å²) < 4.78 is 67.4. The number of benzene rings is 3. The van der Waals surface area contributed by atoms with Crippen LogP contribution in [0, 0.1) is 29.1 Å². The molecule has 0 atom stereocenters. The van der Waals surface area contributed by atoms with E-state index in [0.29, 0.717) is 0 Å². The first kappa shape index (κ1) is 20.3. The van der Waals surface area contributed by atoms with E-state index in [2.05, 4.69) is 0 Å². The van der Waals surface area contributed by atoms with Crippen LogP contribution in [0.25, 0.3) is 0 Å². The summed E-state index contributed by atoms with van der Waals surface area (Å²) in [5.74, 6) is -12.2. The van der Waals surface area contributed by atoms with Gasteiger partial charge in [0.15, 0.2) is 28.9 Å². The molecule has 1 amide bonds. The van der Waals surface area contributed by atoms with Gasteiger partial charge in [0.05, 0.1) is 0 Å². The number of carbonyl (C=O) groups excluding carboxylic acids is 1. The van der Waals surface area contributed by atoms with Crippen LogP contribution < -0.4 is 10.9 Å². The molecule has 3 aromatic rings. The van der Waals surface area contributed by atoms with Gasteiger partial charge in [0.1, 0.15) is 5.69 Å². The molecule has 0 heterocycles. The Morgan fingerprint density at radius 1 is 0.690 bits per heavy atom. The van der Waals surface area contributed by atoms with Gasteiger partial charge in [0, 0.05) is 0 Å². The van der Waals surface area contributed by atoms with E-state index in [0.717, 1.165) is 0 Å². The molecule has 3 rings (SSSR count). The van der Waals surface area contributed by atoms with Gasteiger partial charge in [-0.25, -0.2) is 22.0 Å². The summed E-state index contributed by atoms with van der Waals surface area (Å²) in [5, 5.41) is 11.1. The summed E-state index contributed by atoms with van der Waals surface area (Å²) in [5.41, 5.74) is -0.0560. The van der Waals surface area contributed by atoms with Gasteiger partial charge in [-0.05, 0) is 11.1 Å². The van der Waals surface area contributed by atoms with E-state index in [4.69, 9.17) is 0 Å². The van der Waals surface area contributed by atoms with Crippen molar-refractivity contribution >= 4 is 11.6 Å². The molecule has 0 aliphatic rings. The molecule has 4 nitrogen and oxygen atoms in total. The number of anilines is 1. The summed E-state index contributed by atoms with van der Waals surface area (Å²) in [6, 6.07) is 15.2. The quantitative estimate of drug-likeness (QED) is 0.261. The number of rotatable bonds is 5. The zero-order valence-corrected chi connectivity index (χ0v) is 14.5. The van der Waals surface area contributed by atoms with E-state index in [1.807, 2.05) is 5.43 Å². The Labute approximate surface area is 161 Å². The van der Waals surface area contributed by atoms with Crippen molar-refractivity contribution in [2.45, 2.75) is 5.60 Å². The molecule has 0 aromatic heterocycles. The standard InChI is InChI=1S/C20H13F5N2O2/c21-13-14(22)16(24)18(17(25)15(13)23)26-27-19(28)20(29,11-7-3-1-4-8-11)12-9-5-2-6-10-12/h1-10,26,29H,(H,27,28). The molecule has 0 aliphatic carbocycles. The third-order valence-corrected chi connectivity index (χ3v) is 4.22. The maximum Gasteiger partial charge on any atom is 0.279 e. The van der Waals surface area contributed by atoms with Crippen LogP contribution in [0.1, 0.15) is 11.1 Å². The number of hydrogen-bond acceptors (Lipinski definition) is 3. The van der Waals surface area contributed by atoms with Gasteiger partial charge in [-0.2, -0.15) is 0 Å². The molecular formula is C20H13F5N2O2. The van der Waals surface area contributed by atoms with Crippen LogP contribution in [-0.4, -0.2) is 11.0 Å². The van der Waals surface area contributed by atoms with E-state index < -0.39 is 46.3 Å². The first-order chi connectivity index (χ1) is 13.8. The van der Waals surface area contributed by atoms with Crippen molar-refractivity contribution < 1.29 is 31.9 Å². The third-order valence-electron chi connectivity index (χ3n) is 4.22. The summed E-state index contributed by atoms with van der Waals surface area (Å²) >= 11 is 0. The lowest BCUT2D eigenvalue weighted by molar-refractivity contribution is -0.136. The summed E-state index contributed by atoms with van der Waals surface area (Å²) in [6.45, 7) is 0. The van der Waals surface area contributed by atoms with Crippen LogP contribution in [0.15, 0.2) is 60.7 Å². The lowest BCUT2D eigenvalue weighted by Gasteiger charge is -2.28. The molecule has 9 heteroatoms. The predicted octanol–water partition coefficient (Wildman–Crippen LogP) is 3.76. The average molecular weight is 408 g/mol. The number of hydrogen-bond donors (Lipinski definition) is 3. The SMILES string of the molecule is O=C(NNc1c(F)c(F)c(F)c(F)c1F)C(O)(c1ccccc1)c1ccccc1. The number of aliphatic hydroxyl groups is 1. The maximum atomic E-state index is 13.8. The summed E-state index contributed by atoms with van der Waals surface area (Å²) in [4.78, 5) is 12.8. The molecule has 0 aliphatic heterocycles. The minimum absolute atomic E-state index is 0.114. The van der Waals surface area contributed by atoms with Crippen LogP contribution in [0.5, 0.6) is 0 Å². The number of hydrazine groups is 1. The highest BCUT2D eigenvalue weighted by atomic mass is 19.2. The van der Waals surface area contributed by atoms with E-state index in [9.17, 15) is 31.9 Å². The van der Waals surface area contributed by atoms with Crippen molar-refractivity contribution in [1.29, 1.82) is 0 Å². The first-order valence-corrected chi connectivity index (χ1v) is 8.19. The van der Waals surface area contributed by atoms with Crippen molar-refractivity contribution in [3.8, 4) is 0 Å². The smallest absolute Gasteiger partial charge is 0.279 e. The average Bonchev–Trinajstić information content (AvgIpc) is 2.76. The van der Waals surface area contributed by atoms with E-state index >= 15 is 0 Å². The second kappa shape index (κ2) is 7.88. The molecule has 0 radical (unpaired) electrons. The van der Waals surface area contributed by atoms with Gasteiger partial charge in [-0.3, -0.25) is 15.6 Å². The first-order valence-electron chi connectivity index (χ1n) is 8.19. The van der Waals surface area contributed by atoms with Gasteiger partial charge in [-0.15, -0.1) is 0 Å². The van der Waals surface area contributed by atoms with Crippen LogP contribution >= 0.6 is 0 Å². The third kappa shape index (κ3) is 3.52. The highest BCUT2D eigenvalue weighted by Gasteiger charge is 2.40. The van der Waals surface area contributed by atoms with Crippen LogP contribution in [0.2, 0.25) is 0 Å². The van der Waals surface area contributed by atoms with Gasteiger partial charge in [0.25, 0.3) is 5.91 Å². The predicted molar refractivity (Wildman–Crippen MR) is 93.9 cm³/mol. The molecule has 0 fully saturated rings. The molecule has 0 saturated heterocycles. The molecule has 0 saturated carbocycles. The molecule has 3 aromatic carbocycles. The number of carbonyl (C=O) groups is 1. The van der Waals surface area contributed by atoms with Gasteiger partial charge in [-0.1, -0.05) is 60.7 Å². The second-order valence-corrected chi connectivity index (χ2v) is 5.97. The van der Waals surface area contributed by atoms with Gasteiger partial charge >= 0.3 is 0 Å². The maximum absolute atomic E-state index is 13.8. The normalized spacial score (nSPS) is 11.2. The summed E-state index contributed by atoms with van der Waals surface area (Å²) in [7, 11) is 0.